The van der Waals surface area contributed by atoms with Crippen molar-refractivity contribution in [1.82, 2.24) is 19.5 Å². The van der Waals surface area contributed by atoms with Crippen molar-refractivity contribution < 1.29 is 4.39 Å². The normalized spacial score (nSPS) is 10.3. The zero-order valence-corrected chi connectivity index (χ0v) is 8.18. The van der Waals surface area contributed by atoms with Crippen molar-refractivity contribution in [3.05, 3.63) is 36.6 Å². The molecular formula is C9H10FN5. The molecule has 0 amide bonds. The summed E-state index contributed by atoms with van der Waals surface area (Å²) >= 11 is 0. The van der Waals surface area contributed by atoms with Gasteiger partial charge in [-0.25, -0.2) is 15.0 Å². The Kier molecular flexibility index (Phi) is 2.57. The fourth-order valence-corrected chi connectivity index (χ4v) is 1.17. The number of hydrogen-bond acceptors (Lipinski definition) is 4. The molecule has 1 N–H and O–H groups in total. The molecule has 0 bridgehead atoms. The van der Waals surface area contributed by atoms with E-state index in [1.54, 1.807) is 12.5 Å². The minimum absolute atomic E-state index is 0.152. The number of aromatic nitrogens is 4. The Morgan fingerprint density at radius 2 is 2.20 bits per heavy atom. The number of halogens is 1. The number of aryl methyl sites for hydroxylation is 1. The molecule has 0 saturated heterocycles. The fraction of sp³-hybridized carbons (Fsp3) is 0.222. The van der Waals surface area contributed by atoms with Gasteiger partial charge in [0.1, 0.15) is 0 Å². The van der Waals surface area contributed by atoms with Gasteiger partial charge in [-0.3, -0.25) is 0 Å². The molecule has 2 rings (SSSR count). The van der Waals surface area contributed by atoms with Gasteiger partial charge in [-0.05, 0) is 0 Å². The van der Waals surface area contributed by atoms with Gasteiger partial charge in [0.05, 0.1) is 18.6 Å². The highest BCUT2D eigenvalue weighted by Gasteiger charge is 2.04. The zero-order chi connectivity index (χ0) is 10.7. The van der Waals surface area contributed by atoms with Crippen molar-refractivity contribution in [1.29, 1.82) is 0 Å². The van der Waals surface area contributed by atoms with Gasteiger partial charge in [-0.1, -0.05) is 0 Å². The Morgan fingerprint density at radius 1 is 1.40 bits per heavy atom. The summed E-state index contributed by atoms with van der Waals surface area (Å²) in [5.74, 6) is -0.446. The van der Waals surface area contributed by atoms with Crippen molar-refractivity contribution >= 4 is 5.82 Å². The number of rotatable bonds is 3. The summed E-state index contributed by atoms with van der Waals surface area (Å²) in [5.41, 5.74) is 0.944. The van der Waals surface area contributed by atoms with E-state index in [1.807, 2.05) is 11.6 Å². The second kappa shape index (κ2) is 4.04. The quantitative estimate of drug-likeness (QED) is 0.814. The minimum Gasteiger partial charge on any atom is -0.361 e. The molecule has 0 fully saturated rings. The number of anilines is 1. The fourth-order valence-electron chi connectivity index (χ4n) is 1.17. The van der Waals surface area contributed by atoms with Crippen LogP contribution in [0, 0.1) is 5.95 Å². The van der Waals surface area contributed by atoms with E-state index in [0.29, 0.717) is 6.54 Å². The van der Waals surface area contributed by atoms with Gasteiger partial charge < -0.3 is 9.88 Å². The van der Waals surface area contributed by atoms with Gasteiger partial charge in [-0.2, -0.15) is 4.39 Å². The highest BCUT2D eigenvalue weighted by Crippen LogP contribution is 2.07. The first-order valence-corrected chi connectivity index (χ1v) is 4.43. The molecule has 2 aromatic rings. The van der Waals surface area contributed by atoms with Crippen LogP contribution in [0.2, 0.25) is 0 Å². The van der Waals surface area contributed by atoms with Crippen LogP contribution >= 0.6 is 0 Å². The first-order valence-electron chi connectivity index (χ1n) is 4.43. The highest BCUT2D eigenvalue weighted by atomic mass is 19.1. The van der Waals surface area contributed by atoms with Crippen molar-refractivity contribution in [2.45, 2.75) is 6.54 Å². The molecule has 78 valence electrons. The lowest BCUT2D eigenvalue weighted by molar-refractivity contribution is 0.579. The van der Waals surface area contributed by atoms with E-state index in [2.05, 4.69) is 20.3 Å². The maximum atomic E-state index is 13.1. The van der Waals surface area contributed by atoms with Crippen LogP contribution in [0.5, 0.6) is 0 Å². The third-order valence-corrected chi connectivity index (χ3v) is 2.01. The second-order valence-electron chi connectivity index (χ2n) is 3.05. The van der Waals surface area contributed by atoms with Crippen molar-refractivity contribution in [3.63, 3.8) is 0 Å². The molecule has 15 heavy (non-hydrogen) atoms. The number of nitrogens with zero attached hydrogens (tertiary/aromatic N) is 4. The van der Waals surface area contributed by atoms with Gasteiger partial charge in [0.2, 0.25) is 0 Å². The first-order chi connectivity index (χ1) is 7.27. The lowest BCUT2D eigenvalue weighted by Crippen LogP contribution is -2.07. The number of imidazole rings is 1. The molecule has 0 atom stereocenters. The van der Waals surface area contributed by atoms with E-state index in [0.717, 1.165) is 5.69 Å². The summed E-state index contributed by atoms with van der Waals surface area (Å²) < 4.78 is 14.9. The molecular weight excluding hydrogens is 197 g/mol. The van der Waals surface area contributed by atoms with Crippen LogP contribution in [0.4, 0.5) is 10.2 Å². The average molecular weight is 207 g/mol. The van der Waals surface area contributed by atoms with Gasteiger partial charge in [0, 0.05) is 25.6 Å². The van der Waals surface area contributed by atoms with Crippen LogP contribution in [-0.2, 0) is 13.6 Å². The van der Waals surface area contributed by atoms with Gasteiger partial charge in [0.15, 0.2) is 5.82 Å². The maximum Gasteiger partial charge on any atom is 0.255 e. The Labute approximate surface area is 86.0 Å². The summed E-state index contributed by atoms with van der Waals surface area (Å²) in [6.07, 6.45) is 6.14. The van der Waals surface area contributed by atoms with Gasteiger partial charge in [-0.15, -0.1) is 0 Å². The van der Waals surface area contributed by atoms with Crippen LogP contribution in [0.3, 0.4) is 0 Å². The maximum absolute atomic E-state index is 13.1. The lowest BCUT2D eigenvalue weighted by Gasteiger charge is -2.05. The van der Waals surface area contributed by atoms with E-state index in [4.69, 9.17) is 0 Å². The summed E-state index contributed by atoms with van der Waals surface area (Å²) in [4.78, 5) is 11.3. The van der Waals surface area contributed by atoms with E-state index >= 15 is 0 Å². The predicted molar refractivity (Wildman–Crippen MR) is 52.5 cm³/mol. The first kappa shape index (κ1) is 9.57. The van der Waals surface area contributed by atoms with E-state index in [-0.39, 0.29) is 5.82 Å². The SMILES string of the molecule is Cn1cncc1CNc1nccnc1F. The average Bonchev–Trinajstić information content (AvgIpc) is 2.63. The molecule has 0 aliphatic carbocycles. The van der Waals surface area contributed by atoms with E-state index < -0.39 is 5.95 Å². The molecule has 2 heterocycles. The minimum atomic E-state index is -0.598. The summed E-state index contributed by atoms with van der Waals surface area (Å²) in [7, 11) is 1.87. The van der Waals surface area contributed by atoms with Crippen molar-refractivity contribution in [2.24, 2.45) is 7.05 Å². The molecule has 0 radical (unpaired) electrons. The van der Waals surface area contributed by atoms with Crippen LogP contribution in [0.1, 0.15) is 5.69 Å². The molecule has 0 aliphatic heterocycles. The van der Waals surface area contributed by atoms with Crippen molar-refractivity contribution in [3.8, 4) is 0 Å². The molecule has 2 aromatic heterocycles. The van der Waals surface area contributed by atoms with Crippen LogP contribution in [0.15, 0.2) is 24.9 Å². The molecule has 0 aromatic carbocycles. The molecule has 0 unspecified atom stereocenters. The summed E-state index contributed by atoms with van der Waals surface area (Å²) in [6.45, 7) is 0.464. The Balaban J connectivity index is 2.06. The van der Waals surface area contributed by atoms with Crippen LogP contribution < -0.4 is 5.32 Å². The van der Waals surface area contributed by atoms with Crippen molar-refractivity contribution in [2.75, 3.05) is 5.32 Å². The molecule has 0 saturated carbocycles. The molecule has 0 aliphatic rings. The summed E-state index contributed by atoms with van der Waals surface area (Å²) in [6, 6.07) is 0. The molecule has 5 nitrogen and oxygen atoms in total. The highest BCUT2D eigenvalue weighted by molar-refractivity contribution is 5.32. The third-order valence-electron chi connectivity index (χ3n) is 2.01. The standard InChI is InChI=1S/C9H10FN5/c1-15-6-11-4-7(15)5-14-9-8(10)12-2-3-13-9/h2-4,6H,5H2,1H3,(H,13,14). The molecule has 0 spiro atoms. The zero-order valence-electron chi connectivity index (χ0n) is 8.18. The van der Waals surface area contributed by atoms with Crippen LogP contribution in [-0.4, -0.2) is 19.5 Å². The number of nitrogens with one attached hydrogen (secondary N) is 1. The van der Waals surface area contributed by atoms with E-state index in [1.165, 1.54) is 12.4 Å². The predicted octanol–water partition coefficient (Wildman–Crippen LogP) is 0.961. The third kappa shape index (κ3) is 2.09. The summed E-state index contributed by atoms with van der Waals surface area (Å²) in [5, 5.41) is 2.85. The largest absolute Gasteiger partial charge is 0.361 e. The smallest absolute Gasteiger partial charge is 0.255 e. The Bertz CT molecular complexity index is 453. The topological polar surface area (TPSA) is 55.6 Å². The molecule has 6 heteroatoms. The Hall–Kier alpha value is -1.98. The monoisotopic (exact) mass is 207 g/mol. The second-order valence-corrected chi connectivity index (χ2v) is 3.05. The van der Waals surface area contributed by atoms with Crippen LogP contribution in [0.25, 0.3) is 0 Å². The Morgan fingerprint density at radius 3 is 2.87 bits per heavy atom. The number of hydrogen-bond donors (Lipinski definition) is 1. The van der Waals surface area contributed by atoms with Gasteiger partial charge >= 0.3 is 0 Å². The lowest BCUT2D eigenvalue weighted by atomic mass is 10.4. The van der Waals surface area contributed by atoms with E-state index in [9.17, 15) is 4.39 Å². The van der Waals surface area contributed by atoms with Gasteiger partial charge in [0.25, 0.3) is 5.95 Å².